The van der Waals surface area contributed by atoms with E-state index in [1.165, 1.54) is 57.8 Å². The van der Waals surface area contributed by atoms with Gasteiger partial charge in [0.05, 0.1) is 6.61 Å². The lowest BCUT2D eigenvalue weighted by Crippen LogP contribution is -2.01. The van der Waals surface area contributed by atoms with Crippen molar-refractivity contribution in [3.8, 4) is 0 Å². The molecule has 0 fully saturated rings. The molecule has 0 bridgehead atoms. The number of halogens is 3. The molecule has 0 saturated heterocycles. The van der Waals surface area contributed by atoms with Gasteiger partial charge in [0.1, 0.15) is 12.0 Å². The molecule has 5 heteroatoms. The highest BCUT2D eigenvalue weighted by molar-refractivity contribution is 7.95. The maximum atomic E-state index is 11.8. The average Bonchev–Trinajstić information content (AvgIpc) is 2.52. The van der Waals surface area contributed by atoms with Gasteiger partial charge in [-0.25, -0.2) is 0 Å². The molecule has 24 heavy (non-hydrogen) atoms. The summed E-state index contributed by atoms with van der Waals surface area (Å²) in [5.41, 5.74) is -4.28. The molecule has 0 saturated carbocycles. The molecule has 0 aromatic rings. The van der Waals surface area contributed by atoms with Crippen molar-refractivity contribution >= 4 is 12.0 Å². The van der Waals surface area contributed by atoms with Crippen LogP contribution in [0, 0.1) is 0 Å². The SMILES string of the molecule is CCCCCCCC/C=C\CCCCCCCCOSC(F)(F)F. The summed E-state index contributed by atoms with van der Waals surface area (Å²) in [4.78, 5) is 0. The van der Waals surface area contributed by atoms with Crippen molar-refractivity contribution in [2.45, 2.75) is 102 Å². The van der Waals surface area contributed by atoms with Crippen molar-refractivity contribution < 1.29 is 17.4 Å². The summed E-state index contributed by atoms with van der Waals surface area (Å²) in [6, 6.07) is 0. The van der Waals surface area contributed by atoms with Crippen LogP contribution >= 0.6 is 12.0 Å². The first-order valence-electron chi connectivity index (χ1n) is 9.58. The van der Waals surface area contributed by atoms with E-state index in [1.54, 1.807) is 0 Å². The highest BCUT2D eigenvalue weighted by atomic mass is 32.2. The summed E-state index contributed by atoms with van der Waals surface area (Å²) in [5.74, 6) is 0. The monoisotopic (exact) mass is 368 g/mol. The molecule has 0 rings (SSSR count). The zero-order valence-corrected chi connectivity index (χ0v) is 16.0. The average molecular weight is 369 g/mol. The van der Waals surface area contributed by atoms with Crippen molar-refractivity contribution in [3.63, 3.8) is 0 Å². The Balaban J connectivity index is 3.10. The van der Waals surface area contributed by atoms with E-state index in [0.717, 1.165) is 25.7 Å². The topological polar surface area (TPSA) is 9.23 Å². The van der Waals surface area contributed by atoms with E-state index in [2.05, 4.69) is 23.3 Å². The van der Waals surface area contributed by atoms with Crippen LogP contribution in [-0.4, -0.2) is 12.1 Å². The highest BCUT2D eigenvalue weighted by Gasteiger charge is 2.29. The minimum absolute atomic E-state index is 0.186. The second-order valence-corrected chi connectivity index (χ2v) is 7.15. The van der Waals surface area contributed by atoms with Gasteiger partial charge in [0.15, 0.2) is 0 Å². The minimum atomic E-state index is -4.28. The zero-order valence-electron chi connectivity index (χ0n) is 15.2. The molecule has 0 heterocycles. The molecular formula is C19H35F3OS. The summed E-state index contributed by atoms with van der Waals surface area (Å²) in [6.45, 7) is 2.43. The fraction of sp³-hybridized carbons (Fsp3) is 0.895. The van der Waals surface area contributed by atoms with Crippen LogP contribution in [0.2, 0.25) is 0 Å². The Bertz CT molecular complexity index is 280. The molecule has 0 N–H and O–H groups in total. The van der Waals surface area contributed by atoms with Gasteiger partial charge in [0.25, 0.3) is 0 Å². The van der Waals surface area contributed by atoms with Crippen LogP contribution in [0.25, 0.3) is 0 Å². The molecule has 1 nitrogen and oxygen atoms in total. The van der Waals surface area contributed by atoms with Crippen LogP contribution in [0.5, 0.6) is 0 Å². The standard InChI is InChI=1S/C19H35F3OS/c1-2-3-4-5-6-7-8-9-10-11-12-13-14-15-16-17-18-23-24-19(20,21)22/h9-10H,2-8,11-18H2,1H3/b10-9-. The van der Waals surface area contributed by atoms with Gasteiger partial charge in [-0.05, 0) is 32.1 Å². The molecule has 0 spiro atoms. The van der Waals surface area contributed by atoms with Crippen molar-refractivity contribution in [1.29, 1.82) is 0 Å². The van der Waals surface area contributed by atoms with E-state index in [1.807, 2.05) is 0 Å². The van der Waals surface area contributed by atoms with Crippen LogP contribution in [0.4, 0.5) is 13.2 Å². The zero-order chi connectivity index (χ0) is 17.9. The molecule has 0 amide bonds. The van der Waals surface area contributed by atoms with Crippen molar-refractivity contribution in [1.82, 2.24) is 0 Å². The summed E-state index contributed by atoms with van der Waals surface area (Å²) in [5, 5.41) is 0. The Labute approximate surface area is 151 Å². The molecular weight excluding hydrogens is 333 g/mol. The number of hydrogen-bond acceptors (Lipinski definition) is 2. The Kier molecular flexibility index (Phi) is 17.5. The molecule has 0 atom stereocenters. The summed E-state index contributed by atoms with van der Waals surface area (Å²) < 4.78 is 39.9. The predicted molar refractivity (Wildman–Crippen MR) is 99.1 cm³/mol. The van der Waals surface area contributed by atoms with Gasteiger partial charge in [-0.15, -0.1) is 0 Å². The lowest BCUT2D eigenvalue weighted by molar-refractivity contribution is -0.0397. The van der Waals surface area contributed by atoms with E-state index < -0.39 is 5.51 Å². The maximum absolute atomic E-state index is 11.8. The van der Waals surface area contributed by atoms with Crippen molar-refractivity contribution in [2.75, 3.05) is 6.61 Å². The molecule has 144 valence electrons. The first kappa shape index (κ1) is 23.8. The smallest absolute Gasteiger partial charge is 0.308 e. The summed E-state index contributed by atoms with van der Waals surface area (Å²) in [6.07, 6.45) is 21.4. The molecule has 0 aliphatic carbocycles. The lowest BCUT2D eigenvalue weighted by atomic mass is 10.1. The third-order valence-electron chi connectivity index (χ3n) is 3.89. The minimum Gasteiger partial charge on any atom is -0.308 e. The van der Waals surface area contributed by atoms with Crippen LogP contribution < -0.4 is 0 Å². The number of alkyl halides is 3. The lowest BCUT2D eigenvalue weighted by Gasteiger charge is -2.05. The van der Waals surface area contributed by atoms with Crippen molar-refractivity contribution in [3.05, 3.63) is 12.2 Å². The normalized spacial score (nSPS) is 12.3. The molecule has 0 aromatic heterocycles. The Hall–Kier alpha value is -0.160. The van der Waals surface area contributed by atoms with E-state index in [4.69, 9.17) is 0 Å². The van der Waals surface area contributed by atoms with Gasteiger partial charge in [0, 0.05) is 0 Å². The number of allylic oxidation sites excluding steroid dienone is 2. The largest absolute Gasteiger partial charge is 0.467 e. The number of rotatable bonds is 17. The summed E-state index contributed by atoms with van der Waals surface area (Å²) in [7, 11) is 0. The Morgan fingerprint density at radius 1 is 0.708 bits per heavy atom. The third kappa shape index (κ3) is 21.8. The van der Waals surface area contributed by atoms with Gasteiger partial charge in [-0.2, -0.15) is 13.2 Å². The molecule has 0 aromatic carbocycles. The van der Waals surface area contributed by atoms with E-state index in [0.29, 0.717) is 6.42 Å². The molecule has 0 aliphatic rings. The number of unbranched alkanes of at least 4 members (excludes halogenated alkanes) is 12. The number of hydrogen-bond donors (Lipinski definition) is 0. The van der Waals surface area contributed by atoms with Gasteiger partial charge >= 0.3 is 5.51 Å². The molecule has 0 unspecified atom stereocenters. The maximum Gasteiger partial charge on any atom is 0.467 e. The fourth-order valence-electron chi connectivity index (χ4n) is 2.52. The first-order chi connectivity index (χ1) is 11.6. The van der Waals surface area contributed by atoms with Gasteiger partial charge in [0.2, 0.25) is 0 Å². The quantitative estimate of drug-likeness (QED) is 0.145. The van der Waals surface area contributed by atoms with E-state index in [9.17, 15) is 13.2 Å². The van der Waals surface area contributed by atoms with Crippen molar-refractivity contribution in [2.24, 2.45) is 0 Å². The van der Waals surface area contributed by atoms with Crippen LogP contribution in [0.15, 0.2) is 12.2 Å². The second-order valence-electron chi connectivity index (χ2n) is 6.29. The second kappa shape index (κ2) is 17.7. The first-order valence-corrected chi connectivity index (χ1v) is 10.3. The Morgan fingerprint density at radius 3 is 1.67 bits per heavy atom. The van der Waals surface area contributed by atoms with E-state index >= 15 is 0 Å². The van der Waals surface area contributed by atoms with Gasteiger partial charge < -0.3 is 4.18 Å². The fourth-order valence-corrected chi connectivity index (χ4v) is 2.85. The van der Waals surface area contributed by atoms with Crippen LogP contribution in [0.1, 0.15) is 96.8 Å². The van der Waals surface area contributed by atoms with Crippen LogP contribution in [-0.2, 0) is 4.18 Å². The Morgan fingerprint density at radius 2 is 1.17 bits per heavy atom. The van der Waals surface area contributed by atoms with Crippen LogP contribution in [0.3, 0.4) is 0 Å². The summed E-state index contributed by atoms with van der Waals surface area (Å²) >= 11 is -0.387. The van der Waals surface area contributed by atoms with Gasteiger partial charge in [-0.1, -0.05) is 76.9 Å². The molecule has 0 aliphatic heterocycles. The van der Waals surface area contributed by atoms with E-state index in [-0.39, 0.29) is 18.6 Å². The third-order valence-corrected chi connectivity index (χ3v) is 4.37. The molecule has 0 radical (unpaired) electrons. The predicted octanol–water partition coefficient (Wildman–Crippen LogP) is 8.21. The van der Waals surface area contributed by atoms with Gasteiger partial charge in [-0.3, -0.25) is 0 Å². The highest BCUT2D eigenvalue weighted by Crippen LogP contribution is 2.30.